The van der Waals surface area contributed by atoms with Gasteiger partial charge >= 0.3 is 0 Å². The van der Waals surface area contributed by atoms with Crippen molar-refractivity contribution in [3.63, 3.8) is 0 Å². The molecule has 0 saturated heterocycles. The lowest BCUT2D eigenvalue weighted by molar-refractivity contribution is 0.628. The molecular formula is C15H11FN4S. The van der Waals surface area contributed by atoms with E-state index in [1.807, 2.05) is 30.3 Å². The predicted molar refractivity (Wildman–Crippen MR) is 82.2 cm³/mol. The lowest BCUT2D eigenvalue weighted by Crippen LogP contribution is -1.95. The third-order valence-corrected chi connectivity index (χ3v) is 3.14. The van der Waals surface area contributed by atoms with Gasteiger partial charge < -0.3 is 0 Å². The monoisotopic (exact) mass is 298 g/mol. The smallest absolute Gasteiger partial charge is 0.216 e. The minimum Gasteiger partial charge on any atom is -0.250 e. The number of benzene rings is 2. The molecule has 0 fully saturated rings. The molecule has 2 aromatic carbocycles. The third kappa shape index (κ3) is 2.95. The van der Waals surface area contributed by atoms with Crippen LogP contribution >= 0.6 is 12.2 Å². The zero-order chi connectivity index (χ0) is 14.7. The lowest BCUT2D eigenvalue weighted by atomic mass is 10.2. The van der Waals surface area contributed by atoms with Gasteiger partial charge in [-0.2, -0.15) is 14.9 Å². The zero-order valence-electron chi connectivity index (χ0n) is 10.9. The fraction of sp³-hybridized carbons (Fsp3) is 0. The molecule has 1 heterocycles. The Hall–Kier alpha value is -2.60. The Morgan fingerprint density at radius 1 is 1.10 bits per heavy atom. The summed E-state index contributed by atoms with van der Waals surface area (Å²) >= 11 is 5.17. The molecule has 3 rings (SSSR count). The van der Waals surface area contributed by atoms with Gasteiger partial charge in [-0.1, -0.05) is 30.3 Å². The number of halogens is 1. The van der Waals surface area contributed by atoms with Crippen LogP contribution in [0.4, 0.5) is 4.39 Å². The summed E-state index contributed by atoms with van der Waals surface area (Å²) in [5.41, 5.74) is 1.68. The van der Waals surface area contributed by atoms with Crippen molar-refractivity contribution in [2.45, 2.75) is 0 Å². The molecule has 0 aliphatic rings. The van der Waals surface area contributed by atoms with Crippen LogP contribution in [-0.4, -0.2) is 21.1 Å². The summed E-state index contributed by atoms with van der Waals surface area (Å²) in [5.74, 6) is 0.236. The van der Waals surface area contributed by atoms with Crippen molar-refractivity contribution in [2.75, 3.05) is 0 Å². The summed E-state index contributed by atoms with van der Waals surface area (Å²) in [7, 11) is 0. The van der Waals surface area contributed by atoms with Crippen molar-refractivity contribution in [3.05, 3.63) is 70.7 Å². The number of aromatic nitrogens is 3. The minimum atomic E-state index is -0.299. The van der Waals surface area contributed by atoms with Crippen LogP contribution in [0.15, 0.2) is 59.7 Å². The van der Waals surface area contributed by atoms with Crippen molar-refractivity contribution < 1.29 is 4.39 Å². The summed E-state index contributed by atoms with van der Waals surface area (Å²) in [6.45, 7) is 0. The lowest BCUT2D eigenvalue weighted by Gasteiger charge is -2.00. The Kier molecular flexibility index (Phi) is 3.70. The maximum Gasteiger partial charge on any atom is 0.216 e. The van der Waals surface area contributed by atoms with Gasteiger partial charge in [0.25, 0.3) is 0 Å². The number of H-pyrrole nitrogens is 1. The number of aromatic amines is 1. The van der Waals surface area contributed by atoms with E-state index in [4.69, 9.17) is 12.2 Å². The molecule has 0 atom stereocenters. The molecule has 0 bridgehead atoms. The van der Waals surface area contributed by atoms with Crippen LogP contribution in [0.1, 0.15) is 5.56 Å². The fourth-order valence-corrected chi connectivity index (χ4v) is 2.03. The van der Waals surface area contributed by atoms with Gasteiger partial charge in [-0.3, -0.25) is 0 Å². The highest BCUT2D eigenvalue weighted by Crippen LogP contribution is 2.17. The molecule has 0 saturated carbocycles. The van der Waals surface area contributed by atoms with Crippen molar-refractivity contribution in [1.82, 2.24) is 14.9 Å². The number of hydrogen-bond donors (Lipinski definition) is 1. The molecular weight excluding hydrogens is 287 g/mol. The Bertz CT molecular complexity index is 819. The van der Waals surface area contributed by atoms with Crippen molar-refractivity contribution in [1.29, 1.82) is 0 Å². The van der Waals surface area contributed by atoms with E-state index in [1.54, 1.807) is 18.3 Å². The molecule has 0 aliphatic heterocycles. The second kappa shape index (κ2) is 5.80. The molecule has 21 heavy (non-hydrogen) atoms. The number of rotatable bonds is 3. The van der Waals surface area contributed by atoms with Crippen molar-refractivity contribution >= 4 is 18.4 Å². The number of nitrogens with zero attached hydrogens (tertiary/aromatic N) is 3. The molecule has 0 spiro atoms. The highest BCUT2D eigenvalue weighted by atomic mass is 32.1. The van der Waals surface area contributed by atoms with E-state index in [2.05, 4.69) is 15.3 Å². The molecule has 4 nitrogen and oxygen atoms in total. The van der Waals surface area contributed by atoms with E-state index in [9.17, 15) is 4.39 Å². The first-order valence-electron chi connectivity index (χ1n) is 6.27. The van der Waals surface area contributed by atoms with Gasteiger partial charge in [0.1, 0.15) is 5.82 Å². The second-order valence-corrected chi connectivity index (χ2v) is 4.71. The Balaban J connectivity index is 2.00. The number of hydrogen-bond acceptors (Lipinski definition) is 3. The molecule has 1 aromatic heterocycles. The maximum absolute atomic E-state index is 13.0. The van der Waals surface area contributed by atoms with Gasteiger partial charge in [-0.05, 0) is 42.0 Å². The van der Waals surface area contributed by atoms with Crippen LogP contribution in [0, 0.1) is 10.6 Å². The molecule has 0 aliphatic carbocycles. The molecule has 104 valence electrons. The molecule has 1 N–H and O–H groups in total. The molecule has 3 aromatic rings. The van der Waals surface area contributed by atoms with Gasteiger partial charge in [-0.25, -0.2) is 9.49 Å². The first-order valence-corrected chi connectivity index (χ1v) is 6.67. The summed E-state index contributed by atoms with van der Waals surface area (Å²) in [6.07, 6.45) is 1.69. The second-order valence-electron chi connectivity index (χ2n) is 4.33. The van der Waals surface area contributed by atoms with Gasteiger partial charge in [0, 0.05) is 5.56 Å². The first-order chi connectivity index (χ1) is 10.2. The minimum absolute atomic E-state index is 0.299. The number of nitrogens with one attached hydrogen (secondary N) is 1. The third-order valence-electron chi connectivity index (χ3n) is 2.87. The van der Waals surface area contributed by atoms with Gasteiger partial charge in [0.15, 0.2) is 5.82 Å². The van der Waals surface area contributed by atoms with Gasteiger partial charge in [0.2, 0.25) is 4.77 Å². The highest BCUT2D eigenvalue weighted by molar-refractivity contribution is 7.71. The summed E-state index contributed by atoms with van der Waals surface area (Å²) in [5, 5.41) is 11.2. The van der Waals surface area contributed by atoms with E-state index in [-0.39, 0.29) is 5.82 Å². The maximum atomic E-state index is 13.0. The van der Waals surface area contributed by atoms with Crippen LogP contribution in [0.25, 0.3) is 11.4 Å². The topological polar surface area (TPSA) is 46.0 Å². The molecule has 0 unspecified atom stereocenters. The SMILES string of the molecule is Fc1ccc(-c2n[nH]c(=S)n2/N=C/c2ccccc2)cc1. The largest absolute Gasteiger partial charge is 0.250 e. The van der Waals surface area contributed by atoms with E-state index >= 15 is 0 Å². The van der Waals surface area contributed by atoms with E-state index in [1.165, 1.54) is 16.8 Å². The molecule has 6 heteroatoms. The fourth-order valence-electron chi connectivity index (χ4n) is 1.85. The molecule has 0 amide bonds. The van der Waals surface area contributed by atoms with Crippen molar-refractivity contribution in [3.8, 4) is 11.4 Å². The average molecular weight is 298 g/mol. The highest BCUT2D eigenvalue weighted by Gasteiger charge is 2.07. The van der Waals surface area contributed by atoms with Crippen molar-refractivity contribution in [2.24, 2.45) is 5.10 Å². The van der Waals surface area contributed by atoms with E-state index in [0.29, 0.717) is 10.6 Å². The Morgan fingerprint density at radius 2 is 1.81 bits per heavy atom. The van der Waals surface area contributed by atoms with Crippen LogP contribution in [-0.2, 0) is 0 Å². The quantitative estimate of drug-likeness (QED) is 0.593. The standard InChI is InChI=1S/C15H11FN4S/c16-13-8-6-12(7-9-13)14-18-19-15(21)20(14)17-10-11-4-2-1-3-5-11/h1-10H,(H,19,21)/b17-10+. The van der Waals surface area contributed by atoms with E-state index < -0.39 is 0 Å². The van der Waals surface area contributed by atoms with E-state index in [0.717, 1.165) is 11.1 Å². The summed E-state index contributed by atoms with van der Waals surface area (Å²) < 4.78 is 14.9. The predicted octanol–water partition coefficient (Wildman–Crippen LogP) is 3.63. The zero-order valence-corrected chi connectivity index (χ0v) is 11.7. The summed E-state index contributed by atoms with van der Waals surface area (Å²) in [4.78, 5) is 0. The van der Waals surface area contributed by atoms with Crippen LogP contribution in [0.5, 0.6) is 0 Å². The Morgan fingerprint density at radius 3 is 2.52 bits per heavy atom. The van der Waals surface area contributed by atoms with Gasteiger partial charge in [0.05, 0.1) is 6.21 Å². The van der Waals surface area contributed by atoms with Crippen LogP contribution in [0.3, 0.4) is 0 Å². The first kappa shape index (κ1) is 13.4. The molecule has 0 radical (unpaired) electrons. The Labute approximate surface area is 125 Å². The normalized spacial score (nSPS) is 11.1. The van der Waals surface area contributed by atoms with Crippen LogP contribution < -0.4 is 0 Å². The average Bonchev–Trinajstić information content (AvgIpc) is 2.88. The van der Waals surface area contributed by atoms with Crippen LogP contribution in [0.2, 0.25) is 0 Å². The van der Waals surface area contributed by atoms with Gasteiger partial charge in [-0.15, -0.1) is 0 Å². The summed E-state index contributed by atoms with van der Waals surface area (Å²) in [6, 6.07) is 15.7.